The maximum absolute atomic E-state index is 13.5. The van der Waals surface area contributed by atoms with Crippen molar-refractivity contribution in [3.8, 4) is 5.75 Å². The Labute approximate surface area is 218 Å². The molecule has 1 amide bonds. The first-order valence-corrected chi connectivity index (χ1v) is 13.0. The van der Waals surface area contributed by atoms with E-state index in [0.717, 1.165) is 33.8 Å². The number of aromatic nitrogens is 4. The fraction of sp³-hybridized carbons (Fsp3) is 0.296. The average molecular weight is 517 g/mol. The Kier molecular flexibility index (Phi) is 6.84. The van der Waals surface area contributed by atoms with E-state index in [-0.39, 0.29) is 29.2 Å². The summed E-state index contributed by atoms with van der Waals surface area (Å²) in [6.07, 6.45) is 0.610. The molecule has 9 nitrogen and oxygen atoms in total. The van der Waals surface area contributed by atoms with Crippen molar-refractivity contribution in [1.82, 2.24) is 24.6 Å². The minimum absolute atomic E-state index is 0.0806. The number of carbonyl (C=O) groups is 1. The number of aromatic amines is 1. The van der Waals surface area contributed by atoms with Crippen LogP contribution >= 0.6 is 11.8 Å². The molecule has 1 N–H and O–H groups in total. The number of hydrogen-bond acceptors (Lipinski definition) is 7. The van der Waals surface area contributed by atoms with Crippen molar-refractivity contribution in [3.63, 3.8) is 0 Å². The molecule has 5 rings (SSSR count). The van der Waals surface area contributed by atoms with Gasteiger partial charge in [0.25, 0.3) is 11.5 Å². The number of thioether (sulfide) groups is 1. The molecule has 0 bridgehead atoms. The van der Waals surface area contributed by atoms with Crippen molar-refractivity contribution in [3.05, 3.63) is 87.3 Å². The van der Waals surface area contributed by atoms with Crippen LogP contribution in [0.25, 0.3) is 5.78 Å². The summed E-state index contributed by atoms with van der Waals surface area (Å²) < 4.78 is 7.08. The lowest BCUT2D eigenvalue weighted by Gasteiger charge is -2.22. The minimum atomic E-state index is -0.227. The van der Waals surface area contributed by atoms with Gasteiger partial charge in [0.05, 0.1) is 24.6 Å². The van der Waals surface area contributed by atoms with E-state index in [1.807, 2.05) is 45.0 Å². The van der Waals surface area contributed by atoms with Crippen LogP contribution in [0.5, 0.6) is 5.75 Å². The normalized spacial score (nSPS) is 15.4. The fourth-order valence-electron chi connectivity index (χ4n) is 4.39. The summed E-state index contributed by atoms with van der Waals surface area (Å²) in [7, 11) is 1.63. The fourth-order valence-corrected chi connectivity index (χ4v) is 5.19. The zero-order valence-electron chi connectivity index (χ0n) is 21.1. The Morgan fingerprint density at radius 1 is 1.14 bits per heavy atom. The lowest BCUT2D eigenvalue weighted by Crippen LogP contribution is -2.28. The summed E-state index contributed by atoms with van der Waals surface area (Å²) in [4.78, 5) is 28.3. The standard InChI is InChI=1S/C27H28N6O3S/c1-16(2)22-14-24(34)28-26-29-30-27(32(22)26)37-15-25(35)33-23(19-7-5-17(3)6-8-19)13-21(31-33)18-9-11-20(36-4)12-10-18/h5-12,14,16,23H,13,15H2,1-4H3,(H,28,29,34). The maximum Gasteiger partial charge on any atom is 0.253 e. The van der Waals surface area contributed by atoms with E-state index < -0.39 is 0 Å². The van der Waals surface area contributed by atoms with Gasteiger partial charge >= 0.3 is 0 Å². The second-order valence-electron chi connectivity index (χ2n) is 9.29. The highest BCUT2D eigenvalue weighted by Crippen LogP contribution is 2.34. The van der Waals surface area contributed by atoms with Crippen molar-refractivity contribution < 1.29 is 9.53 Å². The second kappa shape index (κ2) is 10.2. The van der Waals surface area contributed by atoms with Gasteiger partial charge in [0, 0.05) is 18.2 Å². The number of ether oxygens (including phenoxy) is 1. The summed E-state index contributed by atoms with van der Waals surface area (Å²) in [5.41, 5.74) is 4.55. The molecule has 0 spiro atoms. The molecule has 1 aliphatic rings. The number of carbonyl (C=O) groups excluding carboxylic acids is 1. The summed E-state index contributed by atoms with van der Waals surface area (Å²) in [6.45, 7) is 6.04. The van der Waals surface area contributed by atoms with Gasteiger partial charge in [-0.15, -0.1) is 10.2 Å². The monoisotopic (exact) mass is 516 g/mol. The number of fused-ring (bicyclic) bond motifs is 1. The topological polar surface area (TPSA) is 105 Å². The lowest BCUT2D eigenvalue weighted by molar-refractivity contribution is -0.130. The van der Waals surface area contributed by atoms with Gasteiger partial charge < -0.3 is 4.74 Å². The van der Waals surface area contributed by atoms with Gasteiger partial charge in [-0.3, -0.25) is 19.0 Å². The van der Waals surface area contributed by atoms with Crippen LogP contribution < -0.4 is 10.3 Å². The molecule has 0 aliphatic carbocycles. The SMILES string of the molecule is COc1ccc(C2=NN(C(=O)CSc3nnc4[nH]c(=O)cc(C(C)C)n34)C(c3ccc(C)cc3)C2)cc1. The Hall–Kier alpha value is -3.92. The number of nitrogens with zero attached hydrogens (tertiary/aromatic N) is 5. The van der Waals surface area contributed by atoms with Crippen LogP contribution in [-0.2, 0) is 4.79 Å². The quantitative estimate of drug-likeness (QED) is 0.367. The Morgan fingerprint density at radius 3 is 2.54 bits per heavy atom. The van der Waals surface area contributed by atoms with Crippen LogP contribution in [0.4, 0.5) is 0 Å². The third-order valence-electron chi connectivity index (χ3n) is 6.37. The van der Waals surface area contributed by atoms with Crippen molar-refractivity contribution >= 4 is 29.2 Å². The molecule has 0 saturated heterocycles. The highest BCUT2D eigenvalue weighted by Gasteiger charge is 2.33. The van der Waals surface area contributed by atoms with Crippen molar-refractivity contribution in [2.24, 2.45) is 5.10 Å². The van der Waals surface area contributed by atoms with Gasteiger partial charge in [0.1, 0.15) is 5.75 Å². The molecule has 37 heavy (non-hydrogen) atoms. The zero-order valence-corrected chi connectivity index (χ0v) is 22.0. The Balaban J connectivity index is 1.43. The molecule has 0 saturated carbocycles. The molecular weight excluding hydrogens is 488 g/mol. The second-order valence-corrected chi connectivity index (χ2v) is 10.2. The van der Waals surface area contributed by atoms with Crippen molar-refractivity contribution in [2.45, 2.75) is 44.3 Å². The first-order chi connectivity index (χ1) is 17.8. The summed E-state index contributed by atoms with van der Waals surface area (Å²) in [5, 5.41) is 15.2. The lowest BCUT2D eigenvalue weighted by atomic mass is 9.97. The average Bonchev–Trinajstić information content (AvgIpc) is 3.52. The van der Waals surface area contributed by atoms with Gasteiger partial charge in [0.15, 0.2) is 5.16 Å². The number of rotatable bonds is 7. The highest BCUT2D eigenvalue weighted by atomic mass is 32.2. The van der Waals surface area contributed by atoms with Gasteiger partial charge in [-0.1, -0.05) is 55.4 Å². The number of nitrogens with one attached hydrogen (secondary N) is 1. The molecule has 1 unspecified atom stereocenters. The number of H-pyrrole nitrogens is 1. The predicted octanol–water partition coefficient (Wildman–Crippen LogP) is 4.33. The molecular formula is C27H28N6O3S. The number of hydrogen-bond donors (Lipinski definition) is 1. The maximum atomic E-state index is 13.5. The minimum Gasteiger partial charge on any atom is -0.497 e. The van der Waals surface area contributed by atoms with Crippen LogP contribution in [0.3, 0.4) is 0 Å². The first kappa shape index (κ1) is 24.8. The number of benzene rings is 2. The predicted molar refractivity (Wildman–Crippen MR) is 143 cm³/mol. The number of amides is 1. The van der Waals surface area contributed by atoms with Gasteiger partial charge in [-0.05, 0) is 48.2 Å². The van der Waals surface area contributed by atoms with Crippen LogP contribution in [0.15, 0.2) is 69.6 Å². The van der Waals surface area contributed by atoms with Crippen molar-refractivity contribution in [2.75, 3.05) is 12.9 Å². The smallest absolute Gasteiger partial charge is 0.253 e. The Bertz CT molecular complexity index is 1520. The van der Waals surface area contributed by atoms with Crippen LogP contribution in [0.1, 0.15) is 54.6 Å². The first-order valence-electron chi connectivity index (χ1n) is 12.1. The molecule has 0 radical (unpaired) electrons. The van der Waals surface area contributed by atoms with Gasteiger partial charge in [-0.2, -0.15) is 5.10 Å². The number of aryl methyl sites for hydroxylation is 1. The van der Waals surface area contributed by atoms with Gasteiger partial charge in [0.2, 0.25) is 5.78 Å². The van der Waals surface area contributed by atoms with Crippen LogP contribution in [0, 0.1) is 6.92 Å². The van der Waals surface area contributed by atoms with E-state index in [4.69, 9.17) is 9.84 Å². The van der Waals surface area contributed by atoms with E-state index in [1.54, 1.807) is 22.6 Å². The largest absolute Gasteiger partial charge is 0.497 e. The third-order valence-corrected chi connectivity index (χ3v) is 7.29. The molecule has 1 atom stereocenters. The number of methoxy groups -OCH3 is 1. The molecule has 0 fully saturated rings. The van der Waals surface area contributed by atoms with E-state index in [0.29, 0.717) is 17.4 Å². The molecule has 2 aromatic carbocycles. The number of hydrazone groups is 1. The van der Waals surface area contributed by atoms with E-state index in [2.05, 4.69) is 39.4 Å². The highest BCUT2D eigenvalue weighted by molar-refractivity contribution is 7.99. The summed E-state index contributed by atoms with van der Waals surface area (Å²) in [5.74, 6) is 1.21. The van der Waals surface area contributed by atoms with E-state index in [9.17, 15) is 9.59 Å². The van der Waals surface area contributed by atoms with Crippen LogP contribution in [0.2, 0.25) is 0 Å². The molecule has 190 valence electrons. The third kappa shape index (κ3) is 5.01. The molecule has 1 aliphatic heterocycles. The van der Waals surface area contributed by atoms with E-state index >= 15 is 0 Å². The van der Waals surface area contributed by atoms with Gasteiger partial charge in [-0.25, -0.2) is 5.01 Å². The zero-order chi connectivity index (χ0) is 26.1. The van der Waals surface area contributed by atoms with Crippen LogP contribution in [-0.4, -0.2) is 49.1 Å². The molecule has 4 aromatic rings. The molecule has 3 heterocycles. The van der Waals surface area contributed by atoms with E-state index in [1.165, 1.54) is 11.8 Å². The molecule has 10 heteroatoms. The summed E-state index contributed by atoms with van der Waals surface area (Å²) >= 11 is 1.28. The Morgan fingerprint density at radius 2 is 1.86 bits per heavy atom. The van der Waals surface area contributed by atoms with Crippen molar-refractivity contribution in [1.29, 1.82) is 0 Å². The summed E-state index contributed by atoms with van der Waals surface area (Å²) in [6, 6.07) is 17.3. The molecule has 2 aromatic heterocycles.